The Morgan fingerprint density at radius 1 is 0.792 bits per heavy atom. The maximum absolute atomic E-state index is 11.8. The summed E-state index contributed by atoms with van der Waals surface area (Å²) < 4.78 is 0. The molecule has 1 aliphatic heterocycles. The van der Waals surface area contributed by atoms with E-state index in [1.54, 1.807) is 5.01 Å². The molecule has 0 bridgehead atoms. The smallest absolute Gasteiger partial charge is 0.255 e. The number of hydrogen-bond donors (Lipinski definition) is 1. The summed E-state index contributed by atoms with van der Waals surface area (Å²) in [6.07, 6.45) is 18.9. The zero-order valence-electron chi connectivity index (χ0n) is 16.4. The SMILES string of the molecule is CCCCCCCCCCCCCCC[C@@H]1[C@H](N)C(=O)N(C)N1C. The van der Waals surface area contributed by atoms with Crippen molar-refractivity contribution in [3.8, 4) is 0 Å². The van der Waals surface area contributed by atoms with Crippen molar-refractivity contribution in [2.45, 2.75) is 109 Å². The fraction of sp³-hybridized carbons (Fsp3) is 0.950. The molecule has 0 aromatic heterocycles. The van der Waals surface area contributed by atoms with Crippen molar-refractivity contribution < 1.29 is 4.79 Å². The van der Waals surface area contributed by atoms with Crippen LogP contribution in [-0.4, -0.2) is 42.1 Å². The highest BCUT2D eigenvalue weighted by molar-refractivity contribution is 5.83. The highest BCUT2D eigenvalue weighted by atomic mass is 16.2. The standard InChI is InChI=1S/C20H41N3O/c1-4-5-6-7-8-9-10-11-12-13-14-15-16-17-18-19(21)20(24)23(3)22(18)2/h18-19H,4-17,21H2,1-3H3/t18-,19+/m1/s1. The minimum Gasteiger partial charge on any atom is -0.318 e. The van der Waals surface area contributed by atoms with Gasteiger partial charge in [0.25, 0.3) is 5.91 Å². The van der Waals surface area contributed by atoms with E-state index in [2.05, 4.69) is 6.92 Å². The first-order valence-corrected chi connectivity index (χ1v) is 10.4. The van der Waals surface area contributed by atoms with Crippen molar-refractivity contribution in [1.29, 1.82) is 0 Å². The number of nitrogens with two attached hydrogens (primary N) is 1. The van der Waals surface area contributed by atoms with Gasteiger partial charge in [-0.3, -0.25) is 9.80 Å². The van der Waals surface area contributed by atoms with E-state index in [0.29, 0.717) is 0 Å². The summed E-state index contributed by atoms with van der Waals surface area (Å²) in [5, 5.41) is 3.67. The van der Waals surface area contributed by atoms with Crippen LogP contribution in [0.5, 0.6) is 0 Å². The van der Waals surface area contributed by atoms with E-state index in [0.717, 1.165) is 6.42 Å². The summed E-state index contributed by atoms with van der Waals surface area (Å²) in [4.78, 5) is 11.8. The van der Waals surface area contributed by atoms with Gasteiger partial charge in [-0.1, -0.05) is 90.4 Å². The quantitative estimate of drug-likeness (QED) is 0.475. The third-order valence-corrected chi connectivity index (χ3v) is 5.58. The molecule has 24 heavy (non-hydrogen) atoms. The fourth-order valence-electron chi connectivity index (χ4n) is 3.73. The molecule has 4 heteroatoms. The topological polar surface area (TPSA) is 49.6 Å². The van der Waals surface area contributed by atoms with E-state index >= 15 is 0 Å². The molecule has 2 N–H and O–H groups in total. The molecule has 1 rings (SSSR count). The monoisotopic (exact) mass is 339 g/mol. The van der Waals surface area contributed by atoms with Gasteiger partial charge in [0.15, 0.2) is 0 Å². The van der Waals surface area contributed by atoms with E-state index in [1.165, 1.54) is 83.5 Å². The van der Waals surface area contributed by atoms with Crippen LogP contribution in [0.3, 0.4) is 0 Å². The summed E-state index contributed by atoms with van der Waals surface area (Å²) in [5.74, 6) is 0.0530. The molecule has 1 aliphatic rings. The van der Waals surface area contributed by atoms with E-state index in [1.807, 2.05) is 19.1 Å². The highest BCUT2D eigenvalue weighted by Gasteiger charge is 2.39. The molecule has 0 aromatic rings. The second-order valence-corrected chi connectivity index (χ2v) is 7.56. The molecular weight excluding hydrogens is 298 g/mol. The summed E-state index contributed by atoms with van der Waals surface area (Å²) in [6.45, 7) is 2.28. The average Bonchev–Trinajstić information content (AvgIpc) is 2.76. The Kier molecular flexibility index (Phi) is 11.4. The molecular formula is C20H41N3O. The predicted octanol–water partition coefficient (Wildman–Crippen LogP) is 4.48. The minimum atomic E-state index is -0.336. The molecule has 0 spiro atoms. The largest absolute Gasteiger partial charge is 0.318 e. The molecule has 1 fully saturated rings. The molecule has 1 amide bonds. The van der Waals surface area contributed by atoms with Gasteiger partial charge in [0.05, 0.1) is 6.04 Å². The number of amides is 1. The average molecular weight is 340 g/mol. The Morgan fingerprint density at radius 3 is 1.58 bits per heavy atom. The number of nitrogens with zero attached hydrogens (tertiary/aromatic N) is 2. The molecule has 0 aromatic carbocycles. The molecule has 1 saturated heterocycles. The van der Waals surface area contributed by atoms with Crippen LogP contribution in [0.1, 0.15) is 96.8 Å². The van der Waals surface area contributed by atoms with Gasteiger partial charge in [0.2, 0.25) is 0 Å². The van der Waals surface area contributed by atoms with Gasteiger partial charge in [-0.2, -0.15) is 0 Å². The van der Waals surface area contributed by atoms with Gasteiger partial charge in [-0.25, -0.2) is 5.01 Å². The van der Waals surface area contributed by atoms with Gasteiger partial charge in [0, 0.05) is 14.1 Å². The number of rotatable bonds is 14. The fourth-order valence-corrected chi connectivity index (χ4v) is 3.73. The summed E-state index contributed by atoms with van der Waals surface area (Å²) >= 11 is 0. The van der Waals surface area contributed by atoms with Crippen LogP contribution in [0, 0.1) is 0 Å². The van der Waals surface area contributed by atoms with Crippen LogP contribution in [0.4, 0.5) is 0 Å². The van der Waals surface area contributed by atoms with Gasteiger partial charge >= 0.3 is 0 Å². The van der Waals surface area contributed by atoms with Gasteiger partial charge in [0.1, 0.15) is 6.04 Å². The number of hydrazine groups is 1. The lowest BCUT2D eigenvalue weighted by Gasteiger charge is -2.25. The van der Waals surface area contributed by atoms with Gasteiger partial charge in [-0.15, -0.1) is 0 Å². The second-order valence-electron chi connectivity index (χ2n) is 7.56. The third kappa shape index (κ3) is 7.52. The molecule has 0 saturated carbocycles. The third-order valence-electron chi connectivity index (χ3n) is 5.58. The van der Waals surface area contributed by atoms with Crippen molar-refractivity contribution >= 4 is 5.91 Å². The number of hydrogen-bond acceptors (Lipinski definition) is 3. The van der Waals surface area contributed by atoms with E-state index in [-0.39, 0.29) is 18.0 Å². The van der Waals surface area contributed by atoms with Crippen molar-refractivity contribution in [2.75, 3.05) is 14.1 Å². The number of unbranched alkanes of at least 4 members (excludes halogenated alkanes) is 12. The van der Waals surface area contributed by atoms with Crippen LogP contribution in [0.2, 0.25) is 0 Å². The van der Waals surface area contributed by atoms with Crippen LogP contribution >= 0.6 is 0 Å². The molecule has 2 atom stereocenters. The first-order chi connectivity index (χ1) is 11.6. The lowest BCUT2D eigenvalue weighted by atomic mass is 10.0. The van der Waals surface area contributed by atoms with Crippen molar-refractivity contribution in [3.05, 3.63) is 0 Å². The predicted molar refractivity (Wildman–Crippen MR) is 103 cm³/mol. The van der Waals surface area contributed by atoms with Crippen molar-refractivity contribution in [1.82, 2.24) is 10.0 Å². The van der Waals surface area contributed by atoms with E-state index < -0.39 is 0 Å². The maximum Gasteiger partial charge on any atom is 0.255 e. The Morgan fingerprint density at radius 2 is 1.21 bits per heavy atom. The summed E-state index contributed by atoms with van der Waals surface area (Å²) in [7, 11) is 3.78. The zero-order chi connectivity index (χ0) is 17.8. The van der Waals surface area contributed by atoms with Gasteiger partial charge in [-0.05, 0) is 6.42 Å². The minimum absolute atomic E-state index is 0.0530. The van der Waals surface area contributed by atoms with Crippen molar-refractivity contribution in [3.63, 3.8) is 0 Å². The zero-order valence-corrected chi connectivity index (χ0v) is 16.4. The molecule has 4 nitrogen and oxygen atoms in total. The van der Waals surface area contributed by atoms with Crippen LogP contribution in [-0.2, 0) is 4.79 Å². The lowest BCUT2D eigenvalue weighted by molar-refractivity contribution is -0.135. The van der Waals surface area contributed by atoms with Crippen LogP contribution < -0.4 is 5.73 Å². The van der Waals surface area contributed by atoms with Crippen LogP contribution in [0.15, 0.2) is 0 Å². The maximum atomic E-state index is 11.8. The Bertz CT molecular complexity index is 335. The summed E-state index contributed by atoms with van der Waals surface area (Å²) in [6, 6.07) is -0.146. The number of likely N-dealkylation sites (N-methyl/N-ethyl adjacent to an activating group) is 2. The summed E-state index contributed by atoms with van der Waals surface area (Å²) in [5.41, 5.74) is 6.02. The molecule has 1 heterocycles. The lowest BCUT2D eigenvalue weighted by Crippen LogP contribution is -2.39. The Hall–Kier alpha value is -0.610. The normalized spacial score (nSPS) is 21.8. The van der Waals surface area contributed by atoms with E-state index in [4.69, 9.17) is 5.73 Å². The first-order valence-electron chi connectivity index (χ1n) is 10.4. The van der Waals surface area contributed by atoms with Crippen LogP contribution in [0.25, 0.3) is 0 Å². The molecule has 0 aliphatic carbocycles. The Balaban J connectivity index is 1.88. The molecule has 0 unspecified atom stereocenters. The van der Waals surface area contributed by atoms with Gasteiger partial charge < -0.3 is 5.73 Å². The molecule has 142 valence electrons. The highest BCUT2D eigenvalue weighted by Crippen LogP contribution is 2.21. The first kappa shape index (κ1) is 21.4. The van der Waals surface area contributed by atoms with E-state index in [9.17, 15) is 4.79 Å². The Labute approximate surface area is 150 Å². The second kappa shape index (κ2) is 12.7. The molecule has 0 radical (unpaired) electrons. The number of carbonyl (C=O) groups excluding carboxylic acids is 1. The van der Waals surface area contributed by atoms with Crippen molar-refractivity contribution in [2.24, 2.45) is 5.73 Å². The number of carbonyl (C=O) groups is 1.